The Morgan fingerprint density at radius 1 is 1.23 bits per heavy atom. The van der Waals surface area contributed by atoms with Crippen LogP contribution in [0.4, 0.5) is 4.39 Å². The summed E-state index contributed by atoms with van der Waals surface area (Å²) in [4.78, 5) is 28.4. The summed E-state index contributed by atoms with van der Waals surface area (Å²) < 4.78 is 15.1. The number of halogens is 1. The number of hydrogen-bond donors (Lipinski definition) is 2. The standard InChI is InChI=1S/C25H28FN3O2/c1-15(16-6-3-2-4-7-16)28-24(30)23-19(26)10-9-17-11-13-29-21(22(17)23)14-20-18(25(29)31)8-5-12-27-20/h2-4,6-7,9-10,15,18,20-21,27H,5,8,11-14H2,1H3,(H,28,30)/t15-,18+,20+,21-/m1/s1. The highest BCUT2D eigenvalue weighted by molar-refractivity contribution is 5.97. The summed E-state index contributed by atoms with van der Waals surface area (Å²) in [5.41, 5.74) is 2.73. The zero-order valence-corrected chi connectivity index (χ0v) is 17.7. The molecule has 2 amide bonds. The fourth-order valence-corrected chi connectivity index (χ4v) is 5.57. The highest BCUT2D eigenvalue weighted by atomic mass is 19.1. The summed E-state index contributed by atoms with van der Waals surface area (Å²) in [7, 11) is 0. The molecule has 0 bridgehead atoms. The predicted octanol–water partition coefficient (Wildman–Crippen LogP) is 3.51. The molecule has 6 heteroatoms. The molecule has 0 spiro atoms. The van der Waals surface area contributed by atoms with E-state index in [4.69, 9.17) is 0 Å². The Kier molecular flexibility index (Phi) is 5.26. The van der Waals surface area contributed by atoms with Gasteiger partial charge in [0, 0.05) is 12.6 Å². The van der Waals surface area contributed by atoms with Crippen LogP contribution in [-0.4, -0.2) is 35.8 Å². The first-order valence-electron chi connectivity index (χ1n) is 11.3. The Morgan fingerprint density at radius 2 is 2.03 bits per heavy atom. The third kappa shape index (κ3) is 3.53. The summed E-state index contributed by atoms with van der Waals surface area (Å²) in [6, 6.07) is 12.4. The van der Waals surface area contributed by atoms with Crippen LogP contribution in [0.3, 0.4) is 0 Å². The van der Waals surface area contributed by atoms with Crippen LogP contribution in [0.2, 0.25) is 0 Å². The lowest BCUT2D eigenvalue weighted by atomic mass is 9.75. The maximum absolute atomic E-state index is 15.1. The Hall–Kier alpha value is -2.73. The van der Waals surface area contributed by atoms with Crippen molar-refractivity contribution in [3.63, 3.8) is 0 Å². The lowest BCUT2D eigenvalue weighted by molar-refractivity contribution is -0.145. The average Bonchev–Trinajstić information content (AvgIpc) is 2.79. The molecule has 2 N–H and O–H groups in total. The molecule has 2 fully saturated rings. The van der Waals surface area contributed by atoms with Gasteiger partial charge in [-0.2, -0.15) is 0 Å². The summed E-state index contributed by atoms with van der Waals surface area (Å²) >= 11 is 0. The first kappa shape index (κ1) is 20.2. The van der Waals surface area contributed by atoms with E-state index < -0.39 is 11.7 Å². The van der Waals surface area contributed by atoms with Crippen molar-refractivity contribution in [1.82, 2.24) is 15.5 Å². The number of carbonyl (C=O) groups excluding carboxylic acids is 2. The van der Waals surface area contributed by atoms with E-state index in [0.29, 0.717) is 18.5 Å². The normalized spacial score (nSPS) is 25.8. The smallest absolute Gasteiger partial charge is 0.255 e. The van der Waals surface area contributed by atoms with E-state index in [9.17, 15) is 9.59 Å². The van der Waals surface area contributed by atoms with Gasteiger partial charge in [0.05, 0.1) is 23.6 Å². The first-order chi connectivity index (χ1) is 15.0. The highest BCUT2D eigenvalue weighted by Gasteiger charge is 2.46. The van der Waals surface area contributed by atoms with Gasteiger partial charge in [0.15, 0.2) is 0 Å². The summed E-state index contributed by atoms with van der Waals surface area (Å²) in [5, 5.41) is 6.46. The molecule has 0 saturated carbocycles. The number of benzene rings is 2. The molecule has 0 unspecified atom stereocenters. The minimum absolute atomic E-state index is 0.00418. The molecule has 2 saturated heterocycles. The molecule has 3 aliphatic heterocycles. The van der Waals surface area contributed by atoms with Crippen molar-refractivity contribution >= 4 is 11.8 Å². The van der Waals surface area contributed by atoms with Crippen LogP contribution < -0.4 is 10.6 Å². The minimum atomic E-state index is -0.524. The highest BCUT2D eigenvalue weighted by Crippen LogP contribution is 2.43. The van der Waals surface area contributed by atoms with Gasteiger partial charge < -0.3 is 15.5 Å². The van der Waals surface area contributed by atoms with Gasteiger partial charge in [-0.1, -0.05) is 36.4 Å². The maximum Gasteiger partial charge on any atom is 0.255 e. The lowest BCUT2D eigenvalue weighted by Crippen LogP contribution is -2.58. The molecular formula is C25H28FN3O2. The van der Waals surface area contributed by atoms with Crippen molar-refractivity contribution in [1.29, 1.82) is 0 Å². The topological polar surface area (TPSA) is 61.4 Å². The number of carbonyl (C=O) groups is 2. The zero-order chi connectivity index (χ0) is 21.5. The molecule has 0 radical (unpaired) electrons. The van der Waals surface area contributed by atoms with Gasteiger partial charge in [-0.25, -0.2) is 4.39 Å². The number of nitrogens with one attached hydrogen (secondary N) is 2. The Labute approximate surface area is 182 Å². The minimum Gasteiger partial charge on any atom is -0.345 e. The van der Waals surface area contributed by atoms with Crippen molar-refractivity contribution in [3.05, 3.63) is 70.5 Å². The van der Waals surface area contributed by atoms with Crippen molar-refractivity contribution in [2.75, 3.05) is 13.1 Å². The van der Waals surface area contributed by atoms with Gasteiger partial charge >= 0.3 is 0 Å². The average molecular weight is 422 g/mol. The molecule has 3 heterocycles. The van der Waals surface area contributed by atoms with E-state index in [0.717, 1.165) is 36.9 Å². The zero-order valence-electron chi connectivity index (χ0n) is 17.7. The van der Waals surface area contributed by atoms with E-state index in [1.165, 1.54) is 6.07 Å². The predicted molar refractivity (Wildman–Crippen MR) is 116 cm³/mol. The largest absolute Gasteiger partial charge is 0.345 e. The number of rotatable bonds is 3. The molecule has 3 aliphatic rings. The Balaban J connectivity index is 1.49. The van der Waals surface area contributed by atoms with E-state index in [-0.39, 0.29) is 35.5 Å². The monoisotopic (exact) mass is 421 g/mol. The van der Waals surface area contributed by atoms with Crippen molar-refractivity contribution < 1.29 is 14.0 Å². The third-order valence-corrected chi connectivity index (χ3v) is 7.15. The van der Waals surface area contributed by atoms with Gasteiger partial charge in [0.2, 0.25) is 5.91 Å². The quantitative estimate of drug-likeness (QED) is 0.797. The molecule has 2 aromatic carbocycles. The molecule has 5 rings (SSSR count). The number of fused-ring (bicyclic) bond motifs is 4. The number of nitrogens with zero attached hydrogens (tertiary/aromatic N) is 1. The molecule has 31 heavy (non-hydrogen) atoms. The van der Waals surface area contributed by atoms with Crippen LogP contribution in [0.25, 0.3) is 0 Å². The van der Waals surface area contributed by atoms with Crippen LogP contribution >= 0.6 is 0 Å². The molecular weight excluding hydrogens is 393 g/mol. The fourth-order valence-electron chi connectivity index (χ4n) is 5.57. The number of piperidine rings is 2. The summed E-state index contributed by atoms with van der Waals surface area (Å²) in [5.74, 6) is -0.800. The van der Waals surface area contributed by atoms with Gasteiger partial charge in [-0.05, 0) is 61.9 Å². The molecule has 4 atom stereocenters. The number of amides is 2. The second-order valence-electron chi connectivity index (χ2n) is 8.94. The Morgan fingerprint density at radius 3 is 2.84 bits per heavy atom. The SMILES string of the molecule is C[C@@H](NC(=O)c1c(F)ccc2c1[C@H]1C[C@@H]3NCCC[C@@H]3C(=O)N1CC2)c1ccccc1. The van der Waals surface area contributed by atoms with Crippen LogP contribution in [0.1, 0.15) is 65.3 Å². The van der Waals surface area contributed by atoms with Crippen LogP contribution in [0, 0.1) is 11.7 Å². The van der Waals surface area contributed by atoms with Gasteiger partial charge in [-0.3, -0.25) is 9.59 Å². The van der Waals surface area contributed by atoms with Gasteiger partial charge in [-0.15, -0.1) is 0 Å². The van der Waals surface area contributed by atoms with Crippen molar-refractivity contribution in [3.8, 4) is 0 Å². The first-order valence-corrected chi connectivity index (χ1v) is 11.3. The molecule has 5 nitrogen and oxygen atoms in total. The van der Waals surface area contributed by atoms with E-state index in [1.807, 2.05) is 42.2 Å². The summed E-state index contributed by atoms with van der Waals surface area (Å²) in [6.07, 6.45) is 3.28. The van der Waals surface area contributed by atoms with Crippen LogP contribution in [0.5, 0.6) is 0 Å². The van der Waals surface area contributed by atoms with E-state index in [2.05, 4.69) is 10.6 Å². The second kappa shape index (κ2) is 8.08. The van der Waals surface area contributed by atoms with Crippen molar-refractivity contribution in [2.45, 2.75) is 50.7 Å². The maximum atomic E-state index is 15.1. The summed E-state index contributed by atoms with van der Waals surface area (Å²) in [6.45, 7) is 3.43. The Bertz CT molecular complexity index is 1010. The fraction of sp³-hybridized carbons (Fsp3) is 0.440. The molecule has 2 aromatic rings. The lowest BCUT2D eigenvalue weighted by Gasteiger charge is -2.48. The van der Waals surface area contributed by atoms with E-state index in [1.54, 1.807) is 6.07 Å². The second-order valence-corrected chi connectivity index (χ2v) is 8.94. The van der Waals surface area contributed by atoms with Crippen molar-refractivity contribution in [2.24, 2.45) is 5.92 Å². The molecule has 162 valence electrons. The van der Waals surface area contributed by atoms with Crippen LogP contribution in [0.15, 0.2) is 42.5 Å². The third-order valence-electron chi connectivity index (χ3n) is 7.15. The van der Waals surface area contributed by atoms with Crippen LogP contribution in [-0.2, 0) is 11.2 Å². The molecule has 0 aliphatic carbocycles. The molecule has 0 aromatic heterocycles. The van der Waals surface area contributed by atoms with Gasteiger partial charge in [0.1, 0.15) is 5.82 Å². The van der Waals surface area contributed by atoms with Gasteiger partial charge in [0.25, 0.3) is 5.91 Å². The number of hydrogen-bond acceptors (Lipinski definition) is 3. The van der Waals surface area contributed by atoms with E-state index >= 15 is 4.39 Å².